The molecular weight excluding hydrogens is 342 g/mol. The first-order valence-corrected chi connectivity index (χ1v) is 9.85. The second-order valence-corrected chi connectivity index (χ2v) is 9.13. The summed E-state index contributed by atoms with van der Waals surface area (Å²) < 4.78 is 27.5. The van der Waals surface area contributed by atoms with Gasteiger partial charge in [-0.2, -0.15) is 0 Å². The Balaban J connectivity index is 1.93. The van der Waals surface area contributed by atoms with Crippen molar-refractivity contribution in [1.82, 2.24) is 4.72 Å². The van der Waals surface area contributed by atoms with Crippen molar-refractivity contribution < 1.29 is 8.42 Å². The molecule has 0 aliphatic carbocycles. The van der Waals surface area contributed by atoms with Crippen LogP contribution in [0.3, 0.4) is 0 Å². The number of halogens is 1. The molecule has 0 aliphatic rings. The first-order valence-electron chi connectivity index (χ1n) is 7.99. The molecule has 0 fully saturated rings. The fraction of sp³-hybridized carbons (Fsp3) is 0.368. The Morgan fingerprint density at radius 1 is 1.00 bits per heavy atom. The monoisotopic (exact) mass is 365 g/mol. The van der Waals surface area contributed by atoms with E-state index in [4.69, 9.17) is 11.6 Å². The molecule has 0 saturated heterocycles. The topological polar surface area (TPSA) is 46.2 Å². The summed E-state index contributed by atoms with van der Waals surface area (Å²) in [5.74, 6) is 0. The normalized spacial score (nSPS) is 12.3. The molecule has 2 aromatic rings. The summed E-state index contributed by atoms with van der Waals surface area (Å²) in [5.41, 5.74) is 2.10. The second kappa shape index (κ2) is 7.68. The Kier molecular flexibility index (Phi) is 6.07. The third kappa shape index (κ3) is 5.62. The highest BCUT2D eigenvalue weighted by molar-refractivity contribution is 7.89. The Morgan fingerprint density at radius 3 is 2.17 bits per heavy atom. The second-order valence-electron chi connectivity index (χ2n) is 6.93. The minimum Gasteiger partial charge on any atom is -0.211 e. The van der Waals surface area contributed by atoms with Crippen molar-refractivity contribution in [2.24, 2.45) is 5.41 Å². The van der Waals surface area contributed by atoms with Gasteiger partial charge in [0.15, 0.2) is 0 Å². The van der Waals surface area contributed by atoms with Crippen molar-refractivity contribution in [2.75, 3.05) is 6.54 Å². The zero-order valence-corrected chi connectivity index (χ0v) is 15.9. The van der Waals surface area contributed by atoms with Gasteiger partial charge in [0.2, 0.25) is 10.0 Å². The van der Waals surface area contributed by atoms with Crippen LogP contribution in [-0.4, -0.2) is 15.0 Å². The molecule has 0 aliphatic heterocycles. The summed E-state index contributed by atoms with van der Waals surface area (Å²) in [4.78, 5) is 0.307. The van der Waals surface area contributed by atoms with Gasteiger partial charge in [0.25, 0.3) is 0 Å². The standard InChI is InChI=1S/C19H24ClNO2S/c1-15-4-10-18(11-5-15)24(22,23)21-14-19(2,3)13-12-16-6-8-17(20)9-7-16/h4-11,21H,12-14H2,1-3H3. The summed E-state index contributed by atoms with van der Waals surface area (Å²) in [5, 5.41) is 0.726. The molecule has 0 unspecified atom stereocenters. The predicted molar refractivity (Wildman–Crippen MR) is 99.9 cm³/mol. The molecular formula is C19H24ClNO2S. The maximum absolute atomic E-state index is 12.4. The van der Waals surface area contributed by atoms with Crippen LogP contribution in [-0.2, 0) is 16.4 Å². The van der Waals surface area contributed by atoms with Gasteiger partial charge in [0.05, 0.1) is 4.90 Å². The third-order valence-corrected chi connectivity index (χ3v) is 5.74. The number of rotatable bonds is 7. The number of aryl methyl sites for hydroxylation is 2. The molecule has 0 heterocycles. The summed E-state index contributed by atoms with van der Waals surface area (Å²) in [7, 11) is -3.47. The molecule has 5 heteroatoms. The van der Waals surface area contributed by atoms with Crippen LogP contribution >= 0.6 is 11.6 Å². The Morgan fingerprint density at radius 2 is 1.58 bits per heavy atom. The zero-order valence-electron chi connectivity index (χ0n) is 14.3. The Hall–Kier alpha value is -1.36. The fourth-order valence-corrected chi connectivity index (χ4v) is 3.68. The van der Waals surface area contributed by atoms with Crippen LogP contribution in [0.15, 0.2) is 53.4 Å². The van der Waals surface area contributed by atoms with E-state index >= 15 is 0 Å². The number of nitrogens with one attached hydrogen (secondary N) is 1. The summed E-state index contributed by atoms with van der Waals surface area (Å²) in [6.45, 7) is 6.47. The zero-order chi connectivity index (χ0) is 17.8. The highest BCUT2D eigenvalue weighted by Crippen LogP contribution is 2.23. The number of hydrogen-bond donors (Lipinski definition) is 1. The molecule has 1 N–H and O–H groups in total. The number of hydrogen-bond acceptors (Lipinski definition) is 2. The van der Waals surface area contributed by atoms with Crippen molar-refractivity contribution in [2.45, 2.75) is 38.5 Å². The summed E-state index contributed by atoms with van der Waals surface area (Å²) in [6.07, 6.45) is 1.77. The molecule has 0 radical (unpaired) electrons. The van der Waals surface area contributed by atoms with Crippen molar-refractivity contribution >= 4 is 21.6 Å². The van der Waals surface area contributed by atoms with E-state index in [9.17, 15) is 8.42 Å². The van der Waals surface area contributed by atoms with E-state index in [1.807, 2.05) is 31.2 Å². The lowest BCUT2D eigenvalue weighted by Crippen LogP contribution is -2.34. The molecule has 2 rings (SSSR count). The van der Waals surface area contributed by atoms with Crippen LogP contribution in [0.1, 0.15) is 31.4 Å². The average molecular weight is 366 g/mol. The van der Waals surface area contributed by atoms with Gasteiger partial charge in [-0.15, -0.1) is 0 Å². The van der Waals surface area contributed by atoms with E-state index in [2.05, 4.69) is 18.6 Å². The van der Waals surface area contributed by atoms with Crippen LogP contribution < -0.4 is 4.72 Å². The number of benzene rings is 2. The minimum atomic E-state index is -3.47. The lowest BCUT2D eigenvalue weighted by molar-refractivity contribution is 0.334. The van der Waals surface area contributed by atoms with E-state index in [1.165, 1.54) is 5.56 Å². The first kappa shape index (κ1) is 19.0. The largest absolute Gasteiger partial charge is 0.240 e. The highest BCUT2D eigenvalue weighted by Gasteiger charge is 2.22. The molecule has 0 spiro atoms. The Bertz CT molecular complexity index is 766. The molecule has 0 aromatic heterocycles. The Labute approximate surface area is 150 Å². The van der Waals surface area contributed by atoms with Crippen LogP contribution in [0.25, 0.3) is 0 Å². The van der Waals surface area contributed by atoms with Gasteiger partial charge in [-0.05, 0) is 55.0 Å². The molecule has 130 valence electrons. The molecule has 0 bridgehead atoms. The van der Waals surface area contributed by atoms with Gasteiger partial charge in [-0.25, -0.2) is 13.1 Å². The molecule has 24 heavy (non-hydrogen) atoms. The van der Waals surface area contributed by atoms with Gasteiger partial charge in [-0.3, -0.25) is 0 Å². The van der Waals surface area contributed by atoms with Crippen LogP contribution in [0.2, 0.25) is 5.02 Å². The fourth-order valence-electron chi connectivity index (χ4n) is 2.31. The van der Waals surface area contributed by atoms with Gasteiger partial charge >= 0.3 is 0 Å². The molecule has 0 atom stereocenters. The minimum absolute atomic E-state index is 0.141. The van der Waals surface area contributed by atoms with Crippen LogP contribution in [0.5, 0.6) is 0 Å². The van der Waals surface area contributed by atoms with Crippen molar-refractivity contribution in [3.05, 3.63) is 64.7 Å². The quantitative estimate of drug-likeness (QED) is 0.780. The van der Waals surface area contributed by atoms with E-state index in [1.54, 1.807) is 24.3 Å². The van der Waals surface area contributed by atoms with E-state index < -0.39 is 10.0 Å². The molecule has 2 aromatic carbocycles. The van der Waals surface area contributed by atoms with E-state index in [0.717, 1.165) is 23.4 Å². The SMILES string of the molecule is Cc1ccc(S(=O)(=O)NCC(C)(C)CCc2ccc(Cl)cc2)cc1. The van der Waals surface area contributed by atoms with Gasteiger partial charge in [-0.1, -0.05) is 55.3 Å². The van der Waals surface area contributed by atoms with E-state index in [0.29, 0.717) is 11.4 Å². The van der Waals surface area contributed by atoms with Crippen molar-refractivity contribution in [3.8, 4) is 0 Å². The summed E-state index contributed by atoms with van der Waals surface area (Å²) in [6, 6.07) is 14.7. The molecule has 3 nitrogen and oxygen atoms in total. The number of sulfonamides is 1. The third-order valence-electron chi connectivity index (χ3n) is 4.08. The highest BCUT2D eigenvalue weighted by atomic mass is 35.5. The maximum atomic E-state index is 12.4. The van der Waals surface area contributed by atoms with Gasteiger partial charge < -0.3 is 0 Å². The lowest BCUT2D eigenvalue weighted by Gasteiger charge is -2.25. The van der Waals surface area contributed by atoms with Crippen molar-refractivity contribution in [3.63, 3.8) is 0 Å². The molecule has 0 amide bonds. The predicted octanol–water partition coefficient (Wildman–Crippen LogP) is 4.59. The molecule has 0 saturated carbocycles. The summed E-state index contributed by atoms with van der Waals surface area (Å²) >= 11 is 5.89. The van der Waals surface area contributed by atoms with Crippen LogP contribution in [0, 0.1) is 12.3 Å². The lowest BCUT2D eigenvalue weighted by atomic mass is 9.86. The smallest absolute Gasteiger partial charge is 0.211 e. The van der Waals surface area contributed by atoms with Crippen molar-refractivity contribution in [1.29, 1.82) is 0 Å². The van der Waals surface area contributed by atoms with E-state index in [-0.39, 0.29) is 5.41 Å². The van der Waals surface area contributed by atoms with Gasteiger partial charge in [0, 0.05) is 11.6 Å². The van der Waals surface area contributed by atoms with Gasteiger partial charge in [0.1, 0.15) is 0 Å². The first-order chi connectivity index (χ1) is 11.2. The van der Waals surface area contributed by atoms with Crippen LogP contribution in [0.4, 0.5) is 0 Å². The maximum Gasteiger partial charge on any atom is 0.240 e. The average Bonchev–Trinajstić information content (AvgIpc) is 2.53.